The number of carbonyl (C=O) groups excluding carboxylic acids is 1. The molecule has 0 saturated heterocycles. The molecule has 2 aromatic rings. The minimum atomic E-state index is -0.880. The molecule has 118 valence electrons. The molecular formula is C16H20N2O2S2. The fraction of sp³-hybridized carbons (Fsp3) is 0.375. The first kappa shape index (κ1) is 16.8. The predicted molar refractivity (Wildman–Crippen MR) is 92.6 cm³/mol. The summed E-state index contributed by atoms with van der Waals surface area (Å²) in [5.41, 5.74) is 2.77. The Bertz CT molecular complexity index is 668. The number of aromatic nitrogens is 1. The number of nitrogens with zero attached hydrogens (tertiary/aromatic N) is 1. The van der Waals surface area contributed by atoms with Crippen LogP contribution in [0.5, 0.6) is 0 Å². The fourth-order valence-electron chi connectivity index (χ4n) is 2.11. The van der Waals surface area contributed by atoms with Gasteiger partial charge in [-0.25, -0.2) is 4.98 Å². The Balaban J connectivity index is 1.80. The van der Waals surface area contributed by atoms with E-state index in [9.17, 15) is 9.00 Å². The van der Waals surface area contributed by atoms with Gasteiger partial charge in [0.1, 0.15) is 0 Å². The van der Waals surface area contributed by atoms with Crippen LogP contribution in [0.15, 0.2) is 29.6 Å². The van der Waals surface area contributed by atoms with Crippen molar-refractivity contribution < 1.29 is 9.00 Å². The summed E-state index contributed by atoms with van der Waals surface area (Å²) in [6.45, 7) is 1.98. The Morgan fingerprint density at radius 3 is 2.91 bits per heavy atom. The number of nitrogens with one attached hydrogen (secondary N) is 1. The van der Waals surface area contributed by atoms with Crippen LogP contribution in [-0.4, -0.2) is 21.4 Å². The van der Waals surface area contributed by atoms with E-state index in [-0.39, 0.29) is 5.91 Å². The molecule has 1 aromatic heterocycles. The Kier molecular flexibility index (Phi) is 6.27. The molecule has 0 aliphatic heterocycles. The zero-order valence-electron chi connectivity index (χ0n) is 12.8. The minimum absolute atomic E-state index is 0.00282. The molecule has 0 aliphatic rings. The van der Waals surface area contributed by atoms with E-state index in [1.54, 1.807) is 17.6 Å². The summed E-state index contributed by atoms with van der Waals surface area (Å²) in [6.07, 6.45) is 3.77. The van der Waals surface area contributed by atoms with Crippen molar-refractivity contribution >= 4 is 33.7 Å². The van der Waals surface area contributed by atoms with E-state index in [1.807, 2.05) is 36.6 Å². The quantitative estimate of drug-likeness (QED) is 0.844. The summed E-state index contributed by atoms with van der Waals surface area (Å²) < 4.78 is 11.2. The van der Waals surface area contributed by atoms with Crippen molar-refractivity contribution in [3.63, 3.8) is 0 Å². The van der Waals surface area contributed by atoms with E-state index in [0.29, 0.717) is 12.2 Å². The van der Waals surface area contributed by atoms with Gasteiger partial charge < -0.3 is 5.32 Å². The lowest BCUT2D eigenvalue weighted by Crippen LogP contribution is -2.11. The Morgan fingerprint density at radius 2 is 2.23 bits per heavy atom. The molecule has 1 N–H and O–H groups in total. The van der Waals surface area contributed by atoms with Gasteiger partial charge in [0.25, 0.3) is 0 Å². The normalized spacial score (nSPS) is 12.1. The second-order valence-electron chi connectivity index (χ2n) is 5.20. The highest BCUT2D eigenvalue weighted by Crippen LogP contribution is 2.14. The van der Waals surface area contributed by atoms with E-state index in [4.69, 9.17) is 0 Å². The minimum Gasteiger partial charge on any atom is -0.326 e. The number of hydrogen-bond donors (Lipinski definition) is 1. The number of aryl methyl sites for hydroxylation is 2. The second-order valence-corrected chi connectivity index (χ2v) is 7.58. The van der Waals surface area contributed by atoms with Crippen LogP contribution in [-0.2, 0) is 27.8 Å². The first-order chi connectivity index (χ1) is 10.5. The van der Waals surface area contributed by atoms with Crippen LogP contribution in [0.3, 0.4) is 0 Å². The molecule has 2 rings (SSSR count). The number of anilines is 1. The largest absolute Gasteiger partial charge is 0.326 e. The van der Waals surface area contributed by atoms with Crippen molar-refractivity contribution in [2.45, 2.75) is 31.9 Å². The van der Waals surface area contributed by atoms with Crippen molar-refractivity contribution in [1.29, 1.82) is 0 Å². The van der Waals surface area contributed by atoms with Crippen LogP contribution in [0.4, 0.5) is 5.69 Å². The molecule has 0 unspecified atom stereocenters. The lowest BCUT2D eigenvalue weighted by Gasteiger charge is -2.06. The van der Waals surface area contributed by atoms with Gasteiger partial charge in [0.2, 0.25) is 5.91 Å². The fourth-order valence-corrected chi connectivity index (χ4v) is 3.58. The lowest BCUT2D eigenvalue weighted by atomic mass is 10.2. The van der Waals surface area contributed by atoms with Gasteiger partial charge in [-0.15, -0.1) is 11.3 Å². The predicted octanol–water partition coefficient (Wildman–Crippen LogP) is 3.29. The molecule has 6 heteroatoms. The molecule has 0 aliphatic carbocycles. The summed E-state index contributed by atoms with van der Waals surface area (Å²) in [5.74, 6) is 0.510. The molecular weight excluding hydrogens is 316 g/mol. The summed E-state index contributed by atoms with van der Waals surface area (Å²) >= 11 is 1.64. The number of rotatable bonds is 7. The average molecular weight is 336 g/mol. The highest BCUT2D eigenvalue weighted by molar-refractivity contribution is 7.83. The molecule has 0 saturated carbocycles. The van der Waals surface area contributed by atoms with Gasteiger partial charge in [-0.2, -0.15) is 0 Å². The molecule has 0 radical (unpaired) electrons. The molecule has 4 nitrogen and oxygen atoms in total. The van der Waals surface area contributed by atoms with Gasteiger partial charge in [0.15, 0.2) is 0 Å². The third kappa shape index (κ3) is 5.69. The van der Waals surface area contributed by atoms with Crippen LogP contribution >= 0.6 is 11.3 Å². The van der Waals surface area contributed by atoms with Crippen molar-refractivity contribution in [3.8, 4) is 0 Å². The Labute approximate surface area is 137 Å². The monoisotopic (exact) mass is 336 g/mol. The van der Waals surface area contributed by atoms with Gasteiger partial charge >= 0.3 is 0 Å². The van der Waals surface area contributed by atoms with Gasteiger partial charge in [-0.3, -0.25) is 9.00 Å². The SMILES string of the molecule is Cc1csc(CCCC(=O)Nc2cccc(C[S@](C)=O)c2)n1. The number of amides is 1. The summed E-state index contributed by atoms with van der Waals surface area (Å²) in [5, 5.41) is 6.00. The maximum Gasteiger partial charge on any atom is 0.224 e. The smallest absolute Gasteiger partial charge is 0.224 e. The molecule has 1 amide bonds. The number of benzene rings is 1. The molecule has 0 bridgehead atoms. The first-order valence-electron chi connectivity index (χ1n) is 7.13. The third-order valence-corrected chi connectivity index (χ3v) is 4.81. The zero-order chi connectivity index (χ0) is 15.9. The Hall–Kier alpha value is -1.53. The van der Waals surface area contributed by atoms with Crippen LogP contribution in [0, 0.1) is 6.92 Å². The maximum absolute atomic E-state index is 12.0. The summed E-state index contributed by atoms with van der Waals surface area (Å²) in [4.78, 5) is 16.3. The van der Waals surface area contributed by atoms with E-state index in [0.717, 1.165) is 34.8 Å². The number of carbonyl (C=O) groups is 1. The van der Waals surface area contributed by atoms with Crippen LogP contribution < -0.4 is 5.32 Å². The standard InChI is InChI=1S/C16H20N2O2S2/c1-12-10-21-16(17-12)8-4-7-15(19)18-14-6-3-5-13(9-14)11-22(2)20/h3,5-6,9-10H,4,7-8,11H2,1-2H3,(H,18,19)/t22-/m0/s1. The van der Waals surface area contributed by atoms with Crippen molar-refractivity contribution in [2.75, 3.05) is 11.6 Å². The van der Waals surface area contributed by atoms with E-state index < -0.39 is 10.8 Å². The van der Waals surface area contributed by atoms with Crippen molar-refractivity contribution in [2.24, 2.45) is 0 Å². The van der Waals surface area contributed by atoms with Crippen molar-refractivity contribution in [1.82, 2.24) is 4.98 Å². The van der Waals surface area contributed by atoms with E-state index in [1.165, 1.54) is 0 Å². The summed E-state index contributed by atoms with van der Waals surface area (Å²) in [6, 6.07) is 7.52. The molecule has 0 spiro atoms. The first-order valence-corrected chi connectivity index (χ1v) is 9.73. The number of thiazole rings is 1. The van der Waals surface area contributed by atoms with Gasteiger partial charge in [-0.05, 0) is 37.5 Å². The van der Waals surface area contributed by atoms with Crippen LogP contribution in [0.2, 0.25) is 0 Å². The third-order valence-electron chi connectivity index (χ3n) is 3.04. The van der Waals surface area contributed by atoms with Gasteiger partial charge in [0.05, 0.1) is 5.01 Å². The van der Waals surface area contributed by atoms with E-state index in [2.05, 4.69) is 10.3 Å². The highest BCUT2D eigenvalue weighted by Gasteiger charge is 2.05. The van der Waals surface area contributed by atoms with E-state index >= 15 is 0 Å². The van der Waals surface area contributed by atoms with Gasteiger partial charge in [0, 0.05) is 46.0 Å². The highest BCUT2D eigenvalue weighted by atomic mass is 32.2. The molecule has 22 heavy (non-hydrogen) atoms. The van der Waals surface area contributed by atoms with Crippen molar-refractivity contribution in [3.05, 3.63) is 45.9 Å². The zero-order valence-corrected chi connectivity index (χ0v) is 14.4. The molecule has 1 heterocycles. The molecule has 1 aromatic carbocycles. The van der Waals surface area contributed by atoms with Crippen LogP contribution in [0.25, 0.3) is 0 Å². The topological polar surface area (TPSA) is 59.1 Å². The maximum atomic E-state index is 12.0. The molecule has 1 atom stereocenters. The average Bonchev–Trinajstić information content (AvgIpc) is 2.84. The number of hydrogen-bond acceptors (Lipinski definition) is 4. The Morgan fingerprint density at radius 1 is 1.41 bits per heavy atom. The second kappa shape index (κ2) is 8.19. The van der Waals surface area contributed by atoms with Crippen LogP contribution in [0.1, 0.15) is 29.1 Å². The van der Waals surface area contributed by atoms with Gasteiger partial charge in [-0.1, -0.05) is 12.1 Å². The summed E-state index contributed by atoms with van der Waals surface area (Å²) in [7, 11) is -0.880. The molecule has 0 fully saturated rings. The lowest BCUT2D eigenvalue weighted by molar-refractivity contribution is -0.116.